The third-order valence-electron chi connectivity index (χ3n) is 2.13. The molecule has 76 valence electrons. The lowest BCUT2D eigenvalue weighted by Gasteiger charge is -2.10. The van der Waals surface area contributed by atoms with Gasteiger partial charge in [-0.25, -0.2) is 4.79 Å². The lowest BCUT2D eigenvalue weighted by atomic mass is 10.0. The Morgan fingerprint density at radius 3 is 2.57 bits per heavy atom. The molecule has 0 bridgehead atoms. The minimum atomic E-state index is -1.26. The second-order valence-corrected chi connectivity index (χ2v) is 3.28. The molecule has 0 saturated carbocycles. The average molecular weight is 194 g/mol. The summed E-state index contributed by atoms with van der Waals surface area (Å²) in [6.45, 7) is 5.86. The molecule has 0 atom stereocenters. The number of hydrogen-bond donors (Lipinski definition) is 1. The van der Waals surface area contributed by atoms with Crippen LogP contribution in [0.3, 0.4) is 0 Å². The Bertz CT molecular complexity index is 356. The first-order valence-corrected chi connectivity index (χ1v) is 4.55. The minimum absolute atomic E-state index is 0.456. The first-order chi connectivity index (χ1) is 6.54. The van der Waals surface area contributed by atoms with Crippen molar-refractivity contribution in [1.82, 2.24) is 0 Å². The van der Waals surface area contributed by atoms with Gasteiger partial charge in [0.25, 0.3) is 0 Å². The normalized spacial score (nSPS) is 9.93. The third kappa shape index (κ3) is 2.25. The summed E-state index contributed by atoms with van der Waals surface area (Å²) < 4.78 is 4.71. The summed E-state index contributed by atoms with van der Waals surface area (Å²) in [7, 11) is 0. The summed E-state index contributed by atoms with van der Waals surface area (Å²) in [6, 6.07) is 3.77. The number of benzene rings is 1. The predicted molar refractivity (Wildman–Crippen MR) is 53.9 cm³/mol. The maximum absolute atomic E-state index is 10.4. The van der Waals surface area contributed by atoms with E-state index in [4.69, 9.17) is 9.84 Å². The highest BCUT2D eigenvalue weighted by molar-refractivity contribution is 5.62. The van der Waals surface area contributed by atoms with E-state index in [0.717, 1.165) is 23.1 Å². The first kappa shape index (κ1) is 10.6. The number of carboxylic acid groups (broad SMARTS) is 1. The van der Waals surface area contributed by atoms with Gasteiger partial charge in [-0.15, -0.1) is 0 Å². The van der Waals surface area contributed by atoms with Gasteiger partial charge >= 0.3 is 6.16 Å². The zero-order valence-electron chi connectivity index (χ0n) is 8.63. The number of ether oxygens (including phenoxy) is 1. The molecule has 0 spiro atoms. The molecule has 0 heterocycles. The molecule has 0 unspecified atom stereocenters. The van der Waals surface area contributed by atoms with E-state index in [1.165, 1.54) is 0 Å². The molecule has 1 aromatic rings. The molecule has 1 aromatic carbocycles. The van der Waals surface area contributed by atoms with Crippen LogP contribution in [0.5, 0.6) is 5.75 Å². The van der Waals surface area contributed by atoms with Crippen LogP contribution in [0.25, 0.3) is 0 Å². The maximum Gasteiger partial charge on any atom is 0.511 e. The highest BCUT2D eigenvalue weighted by Gasteiger charge is 2.09. The topological polar surface area (TPSA) is 46.5 Å². The van der Waals surface area contributed by atoms with E-state index in [2.05, 4.69) is 0 Å². The first-order valence-electron chi connectivity index (χ1n) is 4.55. The van der Waals surface area contributed by atoms with Crippen molar-refractivity contribution in [3.8, 4) is 5.75 Å². The van der Waals surface area contributed by atoms with Gasteiger partial charge in [0.05, 0.1) is 0 Å². The molecule has 0 aliphatic heterocycles. The van der Waals surface area contributed by atoms with Gasteiger partial charge in [-0.05, 0) is 43.0 Å². The highest BCUT2D eigenvalue weighted by atomic mass is 16.7. The highest BCUT2D eigenvalue weighted by Crippen LogP contribution is 2.24. The summed E-state index contributed by atoms with van der Waals surface area (Å²) in [5.74, 6) is 0.456. The Morgan fingerprint density at radius 1 is 1.43 bits per heavy atom. The SMILES string of the molecule is CCc1c(C)cc(C)cc1OC(=O)O. The molecule has 1 rings (SSSR count). The molecule has 0 saturated heterocycles. The van der Waals surface area contributed by atoms with Crippen molar-refractivity contribution in [2.45, 2.75) is 27.2 Å². The molecule has 0 aromatic heterocycles. The largest absolute Gasteiger partial charge is 0.511 e. The van der Waals surface area contributed by atoms with Gasteiger partial charge in [0.2, 0.25) is 0 Å². The van der Waals surface area contributed by atoms with E-state index < -0.39 is 6.16 Å². The van der Waals surface area contributed by atoms with Crippen LogP contribution in [0.2, 0.25) is 0 Å². The quantitative estimate of drug-likeness (QED) is 0.581. The Labute approximate surface area is 83.3 Å². The van der Waals surface area contributed by atoms with Crippen molar-refractivity contribution in [3.63, 3.8) is 0 Å². The Hall–Kier alpha value is -1.51. The number of rotatable bonds is 2. The zero-order chi connectivity index (χ0) is 10.7. The molecular weight excluding hydrogens is 180 g/mol. The molecule has 0 aliphatic rings. The zero-order valence-corrected chi connectivity index (χ0v) is 8.63. The summed E-state index contributed by atoms with van der Waals surface area (Å²) in [4.78, 5) is 10.4. The van der Waals surface area contributed by atoms with Gasteiger partial charge in [0.1, 0.15) is 5.75 Å². The Morgan fingerprint density at radius 2 is 2.07 bits per heavy atom. The van der Waals surface area contributed by atoms with E-state index >= 15 is 0 Å². The molecule has 3 heteroatoms. The maximum atomic E-state index is 10.4. The second-order valence-electron chi connectivity index (χ2n) is 3.28. The second kappa shape index (κ2) is 4.13. The van der Waals surface area contributed by atoms with Crippen LogP contribution in [0, 0.1) is 13.8 Å². The monoisotopic (exact) mass is 194 g/mol. The standard InChI is InChI=1S/C11H14O3/c1-4-9-8(3)5-7(2)6-10(9)14-11(12)13/h5-6H,4H2,1-3H3,(H,12,13). The predicted octanol–water partition coefficient (Wildman–Crippen LogP) is 2.92. The van der Waals surface area contributed by atoms with E-state index in [9.17, 15) is 4.79 Å². The molecule has 0 aliphatic carbocycles. The smallest absolute Gasteiger partial charge is 0.449 e. The van der Waals surface area contributed by atoms with Gasteiger partial charge in [0.15, 0.2) is 0 Å². The van der Waals surface area contributed by atoms with E-state index in [1.54, 1.807) is 6.07 Å². The van der Waals surface area contributed by atoms with Crippen LogP contribution in [-0.4, -0.2) is 11.3 Å². The number of carbonyl (C=O) groups is 1. The van der Waals surface area contributed by atoms with Crippen LogP contribution >= 0.6 is 0 Å². The van der Waals surface area contributed by atoms with Gasteiger partial charge in [-0.3, -0.25) is 0 Å². The van der Waals surface area contributed by atoms with Crippen LogP contribution < -0.4 is 4.74 Å². The van der Waals surface area contributed by atoms with Crippen molar-refractivity contribution < 1.29 is 14.6 Å². The molecule has 0 fully saturated rings. The van der Waals surface area contributed by atoms with E-state index in [1.807, 2.05) is 26.8 Å². The number of hydrogen-bond acceptors (Lipinski definition) is 2. The van der Waals surface area contributed by atoms with Crippen molar-refractivity contribution in [2.24, 2.45) is 0 Å². The van der Waals surface area contributed by atoms with Crippen LogP contribution in [0.4, 0.5) is 4.79 Å². The van der Waals surface area contributed by atoms with Crippen molar-refractivity contribution >= 4 is 6.16 Å². The summed E-state index contributed by atoms with van der Waals surface area (Å²) in [6.07, 6.45) is -0.487. The van der Waals surface area contributed by atoms with Crippen LogP contribution in [0.15, 0.2) is 12.1 Å². The molecule has 3 nitrogen and oxygen atoms in total. The summed E-state index contributed by atoms with van der Waals surface area (Å²) in [5, 5.41) is 8.55. The molecular formula is C11H14O3. The Balaban J connectivity index is 3.17. The van der Waals surface area contributed by atoms with Gasteiger partial charge in [-0.2, -0.15) is 0 Å². The van der Waals surface area contributed by atoms with Gasteiger partial charge in [0, 0.05) is 0 Å². The fourth-order valence-electron chi connectivity index (χ4n) is 1.60. The molecule has 1 N–H and O–H groups in total. The Kier molecular flexibility index (Phi) is 3.12. The fourth-order valence-corrected chi connectivity index (χ4v) is 1.60. The lowest BCUT2D eigenvalue weighted by molar-refractivity contribution is 0.144. The van der Waals surface area contributed by atoms with Crippen LogP contribution in [0.1, 0.15) is 23.6 Å². The third-order valence-corrected chi connectivity index (χ3v) is 2.13. The van der Waals surface area contributed by atoms with Gasteiger partial charge < -0.3 is 9.84 Å². The van der Waals surface area contributed by atoms with E-state index in [-0.39, 0.29) is 0 Å². The minimum Gasteiger partial charge on any atom is -0.449 e. The molecule has 0 amide bonds. The fraction of sp³-hybridized carbons (Fsp3) is 0.364. The van der Waals surface area contributed by atoms with E-state index in [0.29, 0.717) is 5.75 Å². The van der Waals surface area contributed by atoms with Crippen LogP contribution in [-0.2, 0) is 6.42 Å². The average Bonchev–Trinajstić information content (AvgIpc) is 2.01. The lowest BCUT2D eigenvalue weighted by Crippen LogP contribution is -2.06. The molecule has 0 radical (unpaired) electrons. The summed E-state index contributed by atoms with van der Waals surface area (Å²) >= 11 is 0. The van der Waals surface area contributed by atoms with Gasteiger partial charge in [-0.1, -0.05) is 13.0 Å². The summed E-state index contributed by atoms with van der Waals surface area (Å²) in [5.41, 5.74) is 3.04. The van der Waals surface area contributed by atoms with Crippen molar-refractivity contribution in [1.29, 1.82) is 0 Å². The van der Waals surface area contributed by atoms with Crippen molar-refractivity contribution in [2.75, 3.05) is 0 Å². The number of aryl methyl sites for hydroxylation is 2. The van der Waals surface area contributed by atoms with Crippen molar-refractivity contribution in [3.05, 3.63) is 28.8 Å². The molecule has 14 heavy (non-hydrogen) atoms.